The standard InChI is InChI=1S/C35H35N5O5/c1-38-19-25(17-31(35(38)44)37-33-10-8-26(18-36-33)39-11-13-45-14-12-39)28-3-2-4-32(30(28)21-42)40-27(20-41)16-24-15-23(22-5-6-22)7-9-29(24)34(40)43/h2-4,7-10,15-19,22,41-42H,5-6,11-14,20-21H2,1H3,(H,36,37). The van der Waals surface area contributed by atoms with Crippen molar-refractivity contribution in [2.45, 2.75) is 32.0 Å². The van der Waals surface area contributed by atoms with Gasteiger partial charge in [0.25, 0.3) is 11.1 Å². The predicted molar refractivity (Wildman–Crippen MR) is 175 cm³/mol. The van der Waals surface area contributed by atoms with Crippen LogP contribution in [0, 0.1) is 0 Å². The van der Waals surface area contributed by atoms with E-state index in [1.165, 1.54) is 14.7 Å². The molecule has 230 valence electrons. The summed E-state index contributed by atoms with van der Waals surface area (Å²) in [4.78, 5) is 33.8. The first-order chi connectivity index (χ1) is 21.9. The Morgan fingerprint density at radius 1 is 0.956 bits per heavy atom. The number of aromatic nitrogens is 3. The largest absolute Gasteiger partial charge is 0.392 e. The summed E-state index contributed by atoms with van der Waals surface area (Å²) in [5.41, 5.74) is 4.75. The van der Waals surface area contributed by atoms with Gasteiger partial charge in [-0.2, -0.15) is 0 Å². The second-order valence-electron chi connectivity index (χ2n) is 11.7. The molecular weight excluding hydrogens is 570 g/mol. The number of nitrogens with zero attached hydrogens (tertiary/aromatic N) is 4. The average molecular weight is 606 g/mol. The molecule has 1 saturated heterocycles. The van der Waals surface area contributed by atoms with E-state index in [1.54, 1.807) is 31.6 Å². The molecule has 2 fully saturated rings. The Balaban J connectivity index is 1.27. The first-order valence-electron chi connectivity index (χ1n) is 15.2. The highest BCUT2D eigenvalue weighted by molar-refractivity contribution is 5.84. The number of anilines is 3. The molecule has 1 aliphatic carbocycles. The molecule has 5 aromatic rings. The van der Waals surface area contributed by atoms with E-state index in [1.807, 2.05) is 48.5 Å². The van der Waals surface area contributed by atoms with Gasteiger partial charge in [0, 0.05) is 42.8 Å². The molecule has 1 saturated carbocycles. The summed E-state index contributed by atoms with van der Waals surface area (Å²) in [5, 5.41) is 25.5. The van der Waals surface area contributed by atoms with Crippen molar-refractivity contribution in [2.24, 2.45) is 7.05 Å². The van der Waals surface area contributed by atoms with E-state index >= 15 is 0 Å². The van der Waals surface area contributed by atoms with Crippen LogP contribution < -0.4 is 21.3 Å². The number of hydrogen-bond acceptors (Lipinski definition) is 8. The highest BCUT2D eigenvalue weighted by Crippen LogP contribution is 2.41. The van der Waals surface area contributed by atoms with Crippen LogP contribution in [0.15, 0.2) is 82.6 Å². The van der Waals surface area contributed by atoms with Crippen LogP contribution in [-0.2, 0) is 25.0 Å². The number of hydrogen-bond donors (Lipinski definition) is 3. The van der Waals surface area contributed by atoms with Crippen LogP contribution in [0.4, 0.5) is 17.2 Å². The van der Waals surface area contributed by atoms with E-state index in [0.29, 0.717) is 64.1 Å². The number of ether oxygens (including phenoxy) is 1. The molecule has 3 N–H and O–H groups in total. The minimum Gasteiger partial charge on any atom is -0.392 e. The summed E-state index contributed by atoms with van der Waals surface area (Å²) in [6.07, 6.45) is 5.79. The van der Waals surface area contributed by atoms with Gasteiger partial charge in [-0.1, -0.05) is 24.3 Å². The number of morpholine rings is 1. The summed E-state index contributed by atoms with van der Waals surface area (Å²) < 4.78 is 8.40. The Bertz CT molecular complexity index is 2010. The lowest BCUT2D eigenvalue weighted by Crippen LogP contribution is -2.36. The zero-order chi connectivity index (χ0) is 31.1. The lowest BCUT2D eigenvalue weighted by atomic mass is 9.98. The van der Waals surface area contributed by atoms with Gasteiger partial charge in [-0.25, -0.2) is 4.98 Å². The number of aliphatic hydroxyl groups excluding tert-OH is 2. The Hall–Kier alpha value is -4.77. The van der Waals surface area contributed by atoms with E-state index < -0.39 is 0 Å². The van der Waals surface area contributed by atoms with Crippen molar-refractivity contribution in [3.8, 4) is 16.8 Å². The van der Waals surface area contributed by atoms with E-state index in [-0.39, 0.29) is 24.3 Å². The third-order valence-corrected chi connectivity index (χ3v) is 8.76. The summed E-state index contributed by atoms with van der Waals surface area (Å²) in [6, 6.07) is 18.7. The van der Waals surface area contributed by atoms with Crippen molar-refractivity contribution in [1.29, 1.82) is 0 Å². The number of aliphatic hydroxyl groups is 2. The molecule has 10 heteroatoms. The molecule has 0 unspecified atom stereocenters. The van der Waals surface area contributed by atoms with Crippen LogP contribution in [0.5, 0.6) is 0 Å². The van der Waals surface area contributed by atoms with Crippen molar-refractivity contribution in [3.63, 3.8) is 0 Å². The summed E-state index contributed by atoms with van der Waals surface area (Å²) >= 11 is 0. The molecule has 0 spiro atoms. The van der Waals surface area contributed by atoms with E-state index in [4.69, 9.17) is 4.74 Å². The third-order valence-electron chi connectivity index (χ3n) is 8.76. The Morgan fingerprint density at radius 2 is 1.78 bits per heavy atom. The lowest BCUT2D eigenvalue weighted by molar-refractivity contribution is 0.122. The number of pyridine rings is 3. The summed E-state index contributed by atoms with van der Waals surface area (Å²) in [5.74, 6) is 1.07. The zero-order valence-corrected chi connectivity index (χ0v) is 25.1. The second kappa shape index (κ2) is 12.0. The van der Waals surface area contributed by atoms with Gasteiger partial charge < -0.3 is 29.7 Å². The van der Waals surface area contributed by atoms with E-state index in [2.05, 4.69) is 15.2 Å². The highest BCUT2D eigenvalue weighted by Gasteiger charge is 2.24. The molecule has 0 radical (unpaired) electrons. The van der Waals surface area contributed by atoms with Crippen LogP contribution in [0.25, 0.3) is 27.6 Å². The smallest absolute Gasteiger partial charge is 0.274 e. The molecule has 4 heterocycles. The topological polar surface area (TPSA) is 122 Å². The van der Waals surface area contributed by atoms with Crippen LogP contribution in [0.1, 0.15) is 35.6 Å². The molecule has 0 amide bonds. The van der Waals surface area contributed by atoms with Crippen LogP contribution in [0.3, 0.4) is 0 Å². The van der Waals surface area contributed by atoms with Gasteiger partial charge in [-0.3, -0.25) is 14.2 Å². The molecule has 45 heavy (non-hydrogen) atoms. The average Bonchev–Trinajstić information content (AvgIpc) is 3.93. The number of aryl methyl sites for hydroxylation is 1. The van der Waals surface area contributed by atoms with Crippen molar-refractivity contribution < 1.29 is 14.9 Å². The number of rotatable bonds is 8. The monoisotopic (exact) mass is 605 g/mol. The molecule has 1 aliphatic heterocycles. The maximum absolute atomic E-state index is 13.9. The van der Waals surface area contributed by atoms with Crippen LogP contribution >= 0.6 is 0 Å². The van der Waals surface area contributed by atoms with Crippen LogP contribution in [-0.4, -0.2) is 50.6 Å². The summed E-state index contributed by atoms with van der Waals surface area (Å²) in [7, 11) is 1.67. The van der Waals surface area contributed by atoms with Gasteiger partial charge >= 0.3 is 0 Å². The minimum absolute atomic E-state index is 0.238. The number of benzene rings is 2. The Labute approximate surface area is 259 Å². The van der Waals surface area contributed by atoms with Crippen LogP contribution in [0.2, 0.25) is 0 Å². The molecule has 3 aromatic heterocycles. The number of nitrogens with one attached hydrogen (secondary N) is 1. The molecular formula is C35H35N5O5. The first-order valence-corrected chi connectivity index (χ1v) is 15.2. The molecule has 0 atom stereocenters. The maximum atomic E-state index is 13.9. The van der Waals surface area contributed by atoms with Crippen molar-refractivity contribution in [2.75, 3.05) is 36.5 Å². The molecule has 0 bridgehead atoms. The van der Waals surface area contributed by atoms with E-state index in [0.717, 1.165) is 37.0 Å². The van der Waals surface area contributed by atoms with E-state index in [9.17, 15) is 19.8 Å². The lowest BCUT2D eigenvalue weighted by Gasteiger charge is -2.28. The number of fused-ring (bicyclic) bond motifs is 1. The van der Waals surface area contributed by atoms with Gasteiger partial charge in [-0.15, -0.1) is 0 Å². The fourth-order valence-electron chi connectivity index (χ4n) is 6.22. The van der Waals surface area contributed by atoms with Crippen molar-refractivity contribution >= 4 is 28.0 Å². The molecule has 7 rings (SSSR count). The fourth-order valence-corrected chi connectivity index (χ4v) is 6.22. The Morgan fingerprint density at radius 3 is 2.49 bits per heavy atom. The maximum Gasteiger partial charge on any atom is 0.274 e. The van der Waals surface area contributed by atoms with Gasteiger partial charge in [0.1, 0.15) is 11.5 Å². The highest BCUT2D eigenvalue weighted by atomic mass is 16.5. The summed E-state index contributed by atoms with van der Waals surface area (Å²) in [6.45, 7) is 2.25. The van der Waals surface area contributed by atoms with Gasteiger partial charge in [0.2, 0.25) is 0 Å². The fraction of sp³-hybridized carbons (Fsp3) is 0.286. The predicted octanol–water partition coefficient (Wildman–Crippen LogP) is 4.19. The SMILES string of the molecule is Cn1cc(-c2cccc(-n3c(CO)cc4cc(C5CC5)ccc4c3=O)c2CO)cc(Nc2ccc(N3CCOCC3)cn2)c1=O. The quantitative estimate of drug-likeness (QED) is 0.241. The van der Waals surface area contributed by atoms with Gasteiger partial charge in [0.15, 0.2) is 0 Å². The first kappa shape index (κ1) is 29.0. The molecule has 2 aromatic carbocycles. The zero-order valence-electron chi connectivity index (χ0n) is 25.1. The minimum atomic E-state index is -0.363. The molecule has 2 aliphatic rings. The van der Waals surface area contributed by atoms with Gasteiger partial charge in [-0.05, 0) is 71.7 Å². The normalized spacial score (nSPS) is 15.0. The Kier molecular flexibility index (Phi) is 7.70. The second-order valence-corrected chi connectivity index (χ2v) is 11.7. The van der Waals surface area contributed by atoms with Gasteiger partial charge in [0.05, 0.1) is 49.7 Å². The van der Waals surface area contributed by atoms with Crippen molar-refractivity contribution in [3.05, 3.63) is 111 Å². The molecule has 10 nitrogen and oxygen atoms in total. The van der Waals surface area contributed by atoms with Crippen molar-refractivity contribution in [1.82, 2.24) is 14.1 Å². The third kappa shape index (κ3) is 5.52.